The summed E-state index contributed by atoms with van der Waals surface area (Å²) >= 11 is 5.60. The highest BCUT2D eigenvalue weighted by molar-refractivity contribution is 6.30. The highest BCUT2D eigenvalue weighted by Crippen LogP contribution is 2.40. The van der Waals surface area contributed by atoms with Crippen molar-refractivity contribution in [1.29, 1.82) is 0 Å². The van der Waals surface area contributed by atoms with Crippen molar-refractivity contribution in [3.8, 4) is 0 Å². The molecular formula is C34H47ClF2. The molecule has 2 fully saturated rings. The van der Waals surface area contributed by atoms with E-state index in [1.54, 1.807) is 0 Å². The van der Waals surface area contributed by atoms with E-state index in [9.17, 15) is 8.78 Å². The van der Waals surface area contributed by atoms with Gasteiger partial charge in [0, 0.05) is 0 Å². The normalized spacial score (nSPS) is 24.3. The molecule has 0 aromatic heterocycles. The Kier molecular flexibility index (Phi) is 11.3. The van der Waals surface area contributed by atoms with Crippen molar-refractivity contribution in [3.63, 3.8) is 0 Å². The van der Waals surface area contributed by atoms with E-state index in [4.69, 9.17) is 11.6 Å². The molecule has 2 aliphatic carbocycles. The van der Waals surface area contributed by atoms with Crippen molar-refractivity contribution in [2.75, 3.05) is 0 Å². The smallest absolute Gasteiger partial charge is 0.145 e. The Bertz CT molecular complexity index is 914. The lowest BCUT2D eigenvalue weighted by molar-refractivity contribution is 0.222. The molecule has 0 nitrogen and oxygen atoms in total. The number of hydrogen-bond donors (Lipinski definition) is 0. The number of rotatable bonds is 12. The molecule has 37 heavy (non-hydrogen) atoms. The second kappa shape index (κ2) is 14.7. The molecule has 0 unspecified atom stereocenters. The van der Waals surface area contributed by atoms with E-state index in [-0.39, 0.29) is 0 Å². The van der Waals surface area contributed by atoms with Crippen LogP contribution in [0.4, 0.5) is 8.78 Å². The van der Waals surface area contributed by atoms with Crippen molar-refractivity contribution in [1.82, 2.24) is 0 Å². The van der Waals surface area contributed by atoms with E-state index in [1.165, 1.54) is 120 Å². The molecule has 0 bridgehead atoms. The number of hydrogen-bond acceptors (Lipinski definition) is 0. The van der Waals surface area contributed by atoms with Crippen LogP contribution in [0.15, 0.2) is 36.4 Å². The van der Waals surface area contributed by atoms with Crippen LogP contribution in [-0.2, 0) is 12.8 Å². The highest BCUT2D eigenvalue weighted by Gasteiger charge is 2.25. The number of aryl methyl sites for hydroxylation is 2. The molecule has 2 aromatic rings. The summed E-state index contributed by atoms with van der Waals surface area (Å²) in [6, 6.07) is 11.7. The minimum Gasteiger partial charge on any atom is -0.205 e. The monoisotopic (exact) mass is 528 g/mol. The zero-order valence-corrected chi connectivity index (χ0v) is 23.7. The first kappa shape index (κ1) is 28.6. The molecule has 0 N–H and O–H groups in total. The van der Waals surface area contributed by atoms with Gasteiger partial charge in [0.05, 0.1) is 0 Å². The van der Waals surface area contributed by atoms with E-state index in [0.29, 0.717) is 17.9 Å². The molecule has 0 spiro atoms. The van der Waals surface area contributed by atoms with Gasteiger partial charge < -0.3 is 0 Å². The second-order valence-electron chi connectivity index (χ2n) is 12.1. The Morgan fingerprint density at radius 2 is 1.16 bits per heavy atom. The zero-order chi connectivity index (χ0) is 26.0. The highest BCUT2D eigenvalue weighted by atomic mass is 35.5. The summed E-state index contributed by atoms with van der Waals surface area (Å²) in [5.41, 5.74) is 3.32. The van der Waals surface area contributed by atoms with Gasteiger partial charge in [-0.25, -0.2) is 8.78 Å². The van der Waals surface area contributed by atoms with Gasteiger partial charge >= 0.3 is 0 Å². The van der Waals surface area contributed by atoms with Crippen LogP contribution in [0.2, 0.25) is 5.02 Å². The fourth-order valence-electron chi connectivity index (χ4n) is 6.92. The van der Waals surface area contributed by atoms with Gasteiger partial charge in [0.2, 0.25) is 0 Å². The summed E-state index contributed by atoms with van der Waals surface area (Å²) in [4.78, 5) is 0. The molecule has 0 aliphatic heterocycles. The third-order valence-electron chi connectivity index (χ3n) is 9.46. The molecule has 2 aromatic carbocycles. The van der Waals surface area contributed by atoms with Crippen LogP contribution in [0.5, 0.6) is 0 Å². The predicted molar refractivity (Wildman–Crippen MR) is 153 cm³/mol. The lowest BCUT2D eigenvalue weighted by atomic mass is 9.74. The van der Waals surface area contributed by atoms with Gasteiger partial charge in [-0.1, -0.05) is 113 Å². The molecule has 0 amide bonds. The van der Waals surface area contributed by atoms with Crippen molar-refractivity contribution in [2.24, 2.45) is 17.8 Å². The standard InChI is InChI=1S/C34H47ClF2/c1-2-3-4-5-6-25-7-9-26(10-8-25)11-12-27-15-19-30(20-16-27)31-21-17-28(18-22-31)13-14-29-23-32(36)34(35)33(37)24-29/h17-18,21-27,30H,2-16,19-20H2,1H3. The van der Waals surface area contributed by atoms with Gasteiger partial charge in [0.25, 0.3) is 0 Å². The van der Waals surface area contributed by atoms with E-state index in [2.05, 4.69) is 31.2 Å². The predicted octanol–water partition coefficient (Wildman–Crippen LogP) is 11.2. The van der Waals surface area contributed by atoms with Crippen molar-refractivity contribution in [2.45, 2.75) is 122 Å². The number of benzene rings is 2. The zero-order valence-electron chi connectivity index (χ0n) is 22.9. The fourth-order valence-corrected chi connectivity index (χ4v) is 7.03. The number of unbranched alkanes of at least 4 members (excludes halogenated alkanes) is 3. The summed E-state index contributed by atoms with van der Waals surface area (Å²) in [7, 11) is 0. The minimum absolute atomic E-state index is 0.418. The molecule has 2 saturated carbocycles. The molecule has 3 heteroatoms. The van der Waals surface area contributed by atoms with E-state index < -0.39 is 16.7 Å². The SMILES string of the molecule is CCCCCCC1CCC(CCC2CCC(c3ccc(CCc4cc(F)c(Cl)c(F)c4)cc3)CC2)CC1. The Labute approximate surface area is 229 Å². The maximum atomic E-state index is 13.7. The van der Waals surface area contributed by atoms with Gasteiger partial charge in [-0.2, -0.15) is 0 Å². The van der Waals surface area contributed by atoms with Crippen LogP contribution < -0.4 is 0 Å². The maximum Gasteiger partial charge on any atom is 0.145 e. The summed E-state index contributed by atoms with van der Waals surface area (Å²) in [5.74, 6) is 2.29. The van der Waals surface area contributed by atoms with Crippen LogP contribution in [0.1, 0.15) is 126 Å². The molecular weight excluding hydrogens is 482 g/mol. The Morgan fingerprint density at radius 3 is 1.73 bits per heavy atom. The quantitative estimate of drug-likeness (QED) is 0.190. The Balaban J connectivity index is 1.12. The Hall–Kier alpha value is -1.41. The molecule has 0 saturated heterocycles. The first-order valence-electron chi connectivity index (χ1n) is 15.2. The van der Waals surface area contributed by atoms with Gasteiger partial charge in [-0.15, -0.1) is 0 Å². The lowest BCUT2D eigenvalue weighted by Crippen LogP contribution is -2.18. The van der Waals surface area contributed by atoms with Crippen LogP contribution >= 0.6 is 11.6 Å². The average Bonchev–Trinajstić information content (AvgIpc) is 2.93. The van der Waals surface area contributed by atoms with Crippen LogP contribution in [-0.4, -0.2) is 0 Å². The second-order valence-corrected chi connectivity index (χ2v) is 12.5. The fraction of sp³-hybridized carbons (Fsp3) is 0.647. The summed E-state index contributed by atoms with van der Waals surface area (Å²) in [6.07, 6.45) is 22.8. The number of halogens is 3. The molecule has 2 aliphatic rings. The molecule has 4 rings (SSSR count). The van der Waals surface area contributed by atoms with Gasteiger partial charge in [0.1, 0.15) is 16.7 Å². The van der Waals surface area contributed by atoms with Gasteiger partial charge in [-0.05, 0) is 91.0 Å². The molecule has 0 radical (unpaired) electrons. The summed E-state index contributed by atoms with van der Waals surface area (Å²) < 4.78 is 27.4. The van der Waals surface area contributed by atoms with Gasteiger partial charge in [-0.3, -0.25) is 0 Å². The summed E-state index contributed by atoms with van der Waals surface area (Å²) in [5, 5.41) is -0.418. The van der Waals surface area contributed by atoms with E-state index in [0.717, 1.165) is 24.2 Å². The largest absolute Gasteiger partial charge is 0.205 e. The van der Waals surface area contributed by atoms with Crippen LogP contribution in [0.3, 0.4) is 0 Å². The average molecular weight is 529 g/mol. The minimum atomic E-state index is -0.678. The van der Waals surface area contributed by atoms with E-state index in [1.807, 2.05) is 0 Å². The van der Waals surface area contributed by atoms with Crippen molar-refractivity contribution in [3.05, 3.63) is 69.7 Å². The Morgan fingerprint density at radius 1 is 0.649 bits per heavy atom. The topological polar surface area (TPSA) is 0 Å². The first-order valence-corrected chi connectivity index (χ1v) is 15.6. The maximum absolute atomic E-state index is 13.7. The van der Waals surface area contributed by atoms with Crippen molar-refractivity contribution < 1.29 is 8.78 Å². The molecule has 204 valence electrons. The first-order chi connectivity index (χ1) is 18.0. The summed E-state index contributed by atoms with van der Waals surface area (Å²) in [6.45, 7) is 2.30. The van der Waals surface area contributed by atoms with Gasteiger partial charge in [0.15, 0.2) is 0 Å². The molecule has 0 heterocycles. The van der Waals surface area contributed by atoms with Crippen LogP contribution in [0, 0.1) is 29.4 Å². The third kappa shape index (κ3) is 8.81. The molecule has 0 atom stereocenters. The van der Waals surface area contributed by atoms with Crippen molar-refractivity contribution >= 4 is 11.6 Å². The van der Waals surface area contributed by atoms with Crippen LogP contribution in [0.25, 0.3) is 0 Å². The van der Waals surface area contributed by atoms with E-state index >= 15 is 0 Å². The third-order valence-corrected chi connectivity index (χ3v) is 9.82. The lowest BCUT2D eigenvalue weighted by Gasteiger charge is -2.32.